The van der Waals surface area contributed by atoms with Crippen molar-refractivity contribution in [3.8, 4) is 0 Å². The van der Waals surface area contributed by atoms with Crippen LogP contribution in [0.15, 0.2) is 36.5 Å². The fourth-order valence-corrected chi connectivity index (χ4v) is 2.35. The molecule has 2 nitrogen and oxygen atoms in total. The number of aromatic nitrogens is 1. The second-order valence-electron chi connectivity index (χ2n) is 4.52. The first kappa shape index (κ1) is 13.5. The largest absolute Gasteiger partial charge is 0.347 e. The van der Waals surface area contributed by atoms with Crippen molar-refractivity contribution in [2.75, 3.05) is 0 Å². The third-order valence-corrected chi connectivity index (χ3v) is 3.68. The normalized spacial score (nSPS) is 12.7. The Morgan fingerprint density at radius 1 is 1.22 bits per heavy atom. The van der Waals surface area contributed by atoms with Crippen LogP contribution in [0.1, 0.15) is 18.2 Å². The van der Waals surface area contributed by atoms with Crippen molar-refractivity contribution in [3.63, 3.8) is 0 Å². The van der Waals surface area contributed by atoms with Crippen LogP contribution in [-0.4, -0.2) is 10.6 Å². The molecule has 1 unspecified atom stereocenters. The van der Waals surface area contributed by atoms with Gasteiger partial charge in [-0.05, 0) is 30.7 Å². The van der Waals surface area contributed by atoms with E-state index < -0.39 is 0 Å². The number of nitrogens with zero attached hydrogens (tertiary/aromatic N) is 1. The minimum Gasteiger partial charge on any atom is -0.347 e. The molecule has 0 saturated carbocycles. The summed E-state index contributed by atoms with van der Waals surface area (Å²) < 4.78 is 2.15. The summed E-state index contributed by atoms with van der Waals surface area (Å²) in [5.74, 6) is 0. The van der Waals surface area contributed by atoms with Crippen molar-refractivity contribution in [1.82, 2.24) is 4.57 Å². The van der Waals surface area contributed by atoms with Gasteiger partial charge in [0.15, 0.2) is 0 Å². The van der Waals surface area contributed by atoms with Crippen LogP contribution in [0, 0.1) is 0 Å². The number of halogens is 2. The highest BCUT2D eigenvalue weighted by Crippen LogP contribution is 2.26. The first-order valence-electron chi connectivity index (χ1n) is 5.90. The highest BCUT2D eigenvalue weighted by Gasteiger charge is 2.08. The molecule has 2 aromatic rings. The van der Waals surface area contributed by atoms with E-state index in [1.807, 2.05) is 31.3 Å². The lowest BCUT2D eigenvalue weighted by Gasteiger charge is -2.12. The molecule has 1 aromatic carbocycles. The molecule has 2 N–H and O–H groups in total. The first-order chi connectivity index (χ1) is 8.58. The van der Waals surface area contributed by atoms with Gasteiger partial charge in [0.2, 0.25) is 0 Å². The summed E-state index contributed by atoms with van der Waals surface area (Å²) in [6.07, 6.45) is 2.89. The molecule has 0 spiro atoms. The molecule has 96 valence electrons. The van der Waals surface area contributed by atoms with Crippen LogP contribution in [0.2, 0.25) is 10.0 Å². The molecule has 0 fully saturated rings. The molecule has 0 saturated heterocycles. The molecule has 0 aliphatic carbocycles. The van der Waals surface area contributed by atoms with Crippen molar-refractivity contribution in [2.24, 2.45) is 5.73 Å². The SMILES string of the molecule is CC(N)Cc1cccn1Cc1cccc(Cl)c1Cl. The zero-order valence-electron chi connectivity index (χ0n) is 10.2. The summed E-state index contributed by atoms with van der Waals surface area (Å²) in [6.45, 7) is 2.72. The van der Waals surface area contributed by atoms with Gasteiger partial charge >= 0.3 is 0 Å². The maximum atomic E-state index is 6.20. The summed E-state index contributed by atoms with van der Waals surface area (Å²) in [7, 11) is 0. The summed E-state index contributed by atoms with van der Waals surface area (Å²) in [5, 5.41) is 1.22. The minimum atomic E-state index is 0.147. The molecular weight excluding hydrogens is 267 g/mol. The average Bonchev–Trinajstić information content (AvgIpc) is 2.72. The van der Waals surface area contributed by atoms with Gasteiger partial charge in [-0.1, -0.05) is 35.3 Å². The average molecular weight is 283 g/mol. The Labute approximate surface area is 117 Å². The summed E-state index contributed by atoms with van der Waals surface area (Å²) in [4.78, 5) is 0. The van der Waals surface area contributed by atoms with Gasteiger partial charge in [-0.15, -0.1) is 0 Å². The molecule has 18 heavy (non-hydrogen) atoms. The number of nitrogens with two attached hydrogens (primary N) is 1. The fourth-order valence-electron chi connectivity index (χ4n) is 1.97. The van der Waals surface area contributed by atoms with Gasteiger partial charge in [-0.3, -0.25) is 0 Å². The number of rotatable bonds is 4. The number of benzene rings is 1. The minimum absolute atomic E-state index is 0.147. The zero-order chi connectivity index (χ0) is 13.1. The third-order valence-electron chi connectivity index (χ3n) is 2.83. The fraction of sp³-hybridized carbons (Fsp3) is 0.286. The zero-order valence-corrected chi connectivity index (χ0v) is 11.7. The molecule has 1 aromatic heterocycles. The molecule has 4 heteroatoms. The van der Waals surface area contributed by atoms with E-state index in [4.69, 9.17) is 28.9 Å². The maximum absolute atomic E-state index is 6.20. The Morgan fingerprint density at radius 3 is 2.72 bits per heavy atom. The van der Waals surface area contributed by atoms with Crippen LogP contribution in [0.3, 0.4) is 0 Å². The lowest BCUT2D eigenvalue weighted by molar-refractivity contribution is 0.666. The third kappa shape index (κ3) is 3.08. The molecular formula is C14H16Cl2N2. The Morgan fingerprint density at radius 2 is 2.00 bits per heavy atom. The van der Waals surface area contributed by atoms with E-state index in [-0.39, 0.29) is 6.04 Å². The van der Waals surface area contributed by atoms with E-state index in [9.17, 15) is 0 Å². The number of hydrogen-bond donors (Lipinski definition) is 1. The van der Waals surface area contributed by atoms with Crippen LogP contribution in [0.25, 0.3) is 0 Å². The Hall–Kier alpha value is -0.960. The van der Waals surface area contributed by atoms with E-state index in [1.54, 1.807) is 6.07 Å². The standard InChI is InChI=1S/C14H16Cl2N2/c1-10(17)8-12-5-3-7-18(12)9-11-4-2-6-13(15)14(11)16/h2-7,10H,8-9,17H2,1H3. The van der Waals surface area contributed by atoms with Crippen LogP contribution >= 0.6 is 23.2 Å². The predicted molar refractivity (Wildman–Crippen MR) is 77.3 cm³/mol. The van der Waals surface area contributed by atoms with Gasteiger partial charge in [0.1, 0.15) is 0 Å². The molecule has 0 aliphatic heterocycles. The highest BCUT2D eigenvalue weighted by molar-refractivity contribution is 6.42. The van der Waals surface area contributed by atoms with Crippen molar-refractivity contribution in [1.29, 1.82) is 0 Å². The molecule has 0 bridgehead atoms. The Balaban J connectivity index is 2.24. The van der Waals surface area contributed by atoms with E-state index >= 15 is 0 Å². The van der Waals surface area contributed by atoms with Crippen LogP contribution in [0.4, 0.5) is 0 Å². The molecule has 1 heterocycles. The second kappa shape index (κ2) is 5.79. The van der Waals surface area contributed by atoms with Gasteiger partial charge in [-0.25, -0.2) is 0 Å². The van der Waals surface area contributed by atoms with Crippen LogP contribution < -0.4 is 5.73 Å². The summed E-state index contributed by atoms with van der Waals surface area (Å²) in [5.41, 5.74) is 8.07. The van der Waals surface area contributed by atoms with Gasteiger partial charge in [0.25, 0.3) is 0 Å². The van der Waals surface area contributed by atoms with E-state index in [0.29, 0.717) is 16.6 Å². The van der Waals surface area contributed by atoms with Crippen LogP contribution in [-0.2, 0) is 13.0 Å². The van der Waals surface area contributed by atoms with Crippen molar-refractivity contribution >= 4 is 23.2 Å². The second-order valence-corrected chi connectivity index (χ2v) is 5.31. The van der Waals surface area contributed by atoms with Crippen molar-refractivity contribution in [2.45, 2.75) is 25.9 Å². The van der Waals surface area contributed by atoms with E-state index in [0.717, 1.165) is 12.0 Å². The Kier molecular flexibility index (Phi) is 4.33. The Bertz CT molecular complexity index is 532. The van der Waals surface area contributed by atoms with Gasteiger partial charge in [0.05, 0.1) is 10.0 Å². The van der Waals surface area contributed by atoms with Gasteiger partial charge in [-0.2, -0.15) is 0 Å². The molecule has 1 atom stereocenters. The van der Waals surface area contributed by atoms with Gasteiger partial charge in [0, 0.05) is 30.9 Å². The van der Waals surface area contributed by atoms with Crippen molar-refractivity contribution < 1.29 is 0 Å². The van der Waals surface area contributed by atoms with Crippen LogP contribution in [0.5, 0.6) is 0 Å². The predicted octanol–water partition coefficient (Wildman–Crippen LogP) is 3.73. The highest BCUT2D eigenvalue weighted by atomic mass is 35.5. The lowest BCUT2D eigenvalue weighted by Crippen LogP contribution is -2.20. The number of hydrogen-bond acceptors (Lipinski definition) is 1. The molecule has 0 aliphatic rings. The topological polar surface area (TPSA) is 30.9 Å². The lowest BCUT2D eigenvalue weighted by atomic mass is 10.2. The summed E-state index contributed by atoms with van der Waals surface area (Å²) in [6, 6.07) is 9.96. The quantitative estimate of drug-likeness (QED) is 0.910. The smallest absolute Gasteiger partial charge is 0.0642 e. The molecule has 0 radical (unpaired) electrons. The maximum Gasteiger partial charge on any atom is 0.0642 e. The van der Waals surface area contributed by atoms with Crippen molar-refractivity contribution in [3.05, 3.63) is 57.8 Å². The monoisotopic (exact) mass is 282 g/mol. The molecule has 0 amide bonds. The van der Waals surface area contributed by atoms with E-state index in [2.05, 4.69) is 10.6 Å². The van der Waals surface area contributed by atoms with E-state index in [1.165, 1.54) is 5.69 Å². The molecule has 2 rings (SSSR count). The van der Waals surface area contributed by atoms with Gasteiger partial charge < -0.3 is 10.3 Å². The summed E-state index contributed by atoms with van der Waals surface area (Å²) >= 11 is 12.2. The first-order valence-corrected chi connectivity index (χ1v) is 6.66.